The van der Waals surface area contributed by atoms with Gasteiger partial charge in [-0.1, -0.05) is 19.1 Å². The minimum Gasteiger partial charge on any atom is -0.489 e. The van der Waals surface area contributed by atoms with E-state index in [-0.39, 0.29) is 12.0 Å². The predicted molar refractivity (Wildman–Crippen MR) is 125 cm³/mol. The Morgan fingerprint density at radius 2 is 1.97 bits per heavy atom. The molecule has 1 spiro atoms. The van der Waals surface area contributed by atoms with Gasteiger partial charge in [-0.2, -0.15) is 5.26 Å². The van der Waals surface area contributed by atoms with Crippen LogP contribution < -0.4 is 9.47 Å². The van der Waals surface area contributed by atoms with E-state index >= 15 is 0 Å². The van der Waals surface area contributed by atoms with E-state index in [1.165, 1.54) is 0 Å². The molecule has 6 nitrogen and oxygen atoms in total. The molecule has 0 N–H and O–H groups in total. The van der Waals surface area contributed by atoms with Crippen molar-refractivity contribution in [3.8, 4) is 23.3 Å². The van der Waals surface area contributed by atoms with Gasteiger partial charge in [0.1, 0.15) is 17.6 Å². The molecular formula is C27H27N3O3. The molecular weight excluding hydrogens is 414 g/mol. The summed E-state index contributed by atoms with van der Waals surface area (Å²) in [4.78, 5) is 15.1. The first-order valence-electron chi connectivity index (χ1n) is 11.5. The van der Waals surface area contributed by atoms with Crippen molar-refractivity contribution in [1.82, 2.24) is 9.47 Å². The summed E-state index contributed by atoms with van der Waals surface area (Å²) >= 11 is 0. The monoisotopic (exact) mass is 441 g/mol. The van der Waals surface area contributed by atoms with Crippen LogP contribution in [-0.4, -0.2) is 34.6 Å². The molecule has 2 aliphatic rings. The molecule has 6 heteroatoms. The SMILES string of the molecule is CC[C@@H](C)Oc1ccc(C(=O)N2CCC3(CC2)Oc2ccccc2-n2cccc23)cc1C#N. The minimum atomic E-state index is -0.444. The third-order valence-corrected chi connectivity index (χ3v) is 6.75. The Bertz CT molecular complexity index is 1230. The van der Waals surface area contributed by atoms with Crippen LogP contribution in [0.1, 0.15) is 54.7 Å². The molecule has 0 unspecified atom stereocenters. The number of likely N-dealkylation sites (tertiary alicyclic amines) is 1. The highest BCUT2D eigenvalue weighted by Crippen LogP contribution is 2.45. The Balaban J connectivity index is 1.34. The van der Waals surface area contributed by atoms with Gasteiger partial charge in [0.2, 0.25) is 0 Å². The second-order valence-electron chi connectivity index (χ2n) is 8.78. The smallest absolute Gasteiger partial charge is 0.253 e. The van der Waals surface area contributed by atoms with E-state index in [1.807, 2.05) is 43.0 Å². The van der Waals surface area contributed by atoms with E-state index in [1.54, 1.807) is 18.2 Å². The van der Waals surface area contributed by atoms with E-state index in [4.69, 9.17) is 9.47 Å². The van der Waals surface area contributed by atoms with Crippen LogP contribution in [0.15, 0.2) is 60.8 Å². The number of ether oxygens (including phenoxy) is 2. The molecule has 3 heterocycles. The molecule has 1 saturated heterocycles. The number of nitrogens with zero attached hydrogens (tertiary/aromatic N) is 3. The summed E-state index contributed by atoms with van der Waals surface area (Å²) in [5.74, 6) is 1.33. The van der Waals surface area contributed by atoms with Crippen molar-refractivity contribution >= 4 is 5.91 Å². The quantitative estimate of drug-likeness (QED) is 0.568. The Kier molecular flexibility index (Phi) is 5.33. The third-order valence-electron chi connectivity index (χ3n) is 6.75. The molecule has 5 rings (SSSR count). The highest BCUT2D eigenvalue weighted by molar-refractivity contribution is 5.95. The second kappa shape index (κ2) is 8.32. The Morgan fingerprint density at radius 3 is 2.73 bits per heavy atom. The van der Waals surface area contributed by atoms with Crippen molar-refractivity contribution in [1.29, 1.82) is 5.26 Å². The maximum atomic E-state index is 13.3. The van der Waals surface area contributed by atoms with Gasteiger partial charge in [0, 0.05) is 37.7 Å². The average Bonchev–Trinajstić information content (AvgIpc) is 3.36. The van der Waals surface area contributed by atoms with Crippen molar-refractivity contribution < 1.29 is 14.3 Å². The molecule has 1 amide bonds. The van der Waals surface area contributed by atoms with E-state index in [9.17, 15) is 10.1 Å². The Hall–Kier alpha value is -3.72. The zero-order chi connectivity index (χ0) is 23.0. The number of piperidine rings is 1. The van der Waals surface area contributed by atoms with Gasteiger partial charge in [-0.3, -0.25) is 4.79 Å². The topological polar surface area (TPSA) is 67.5 Å². The molecule has 1 atom stereocenters. The van der Waals surface area contributed by atoms with E-state index in [0.717, 1.165) is 23.6 Å². The number of nitriles is 1. The van der Waals surface area contributed by atoms with Crippen LogP contribution in [0.3, 0.4) is 0 Å². The van der Waals surface area contributed by atoms with Gasteiger partial charge in [-0.25, -0.2) is 0 Å². The first-order valence-corrected chi connectivity index (χ1v) is 11.5. The fourth-order valence-electron chi connectivity index (χ4n) is 4.73. The van der Waals surface area contributed by atoms with Gasteiger partial charge in [-0.15, -0.1) is 0 Å². The van der Waals surface area contributed by atoms with Crippen molar-refractivity contribution in [3.63, 3.8) is 0 Å². The fourth-order valence-corrected chi connectivity index (χ4v) is 4.73. The maximum Gasteiger partial charge on any atom is 0.253 e. The standard InChI is InChI=1S/C27H27N3O3/c1-3-19(2)32-23-11-10-20(17-21(23)18-28)26(31)29-15-12-27(13-16-29)25-9-6-14-30(25)22-7-4-5-8-24(22)33-27/h4-11,14,17,19H,3,12-13,15-16H2,1-2H3/t19-/m1/s1. The first kappa shape index (κ1) is 21.1. The minimum absolute atomic E-state index is 0.0107. The second-order valence-corrected chi connectivity index (χ2v) is 8.78. The lowest BCUT2D eigenvalue weighted by Crippen LogP contribution is -2.50. The molecule has 2 aliphatic heterocycles. The highest BCUT2D eigenvalue weighted by atomic mass is 16.5. The summed E-state index contributed by atoms with van der Waals surface area (Å²) in [6.07, 6.45) is 4.34. The molecule has 1 fully saturated rings. The third kappa shape index (κ3) is 3.64. The van der Waals surface area contributed by atoms with Crippen LogP contribution in [0.25, 0.3) is 5.69 Å². The van der Waals surface area contributed by atoms with Crippen LogP contribution >= 0.6 is 0 Å². The van der Waals surface area contributed by atoms with Crippen molar-refractivity contribution in [3.05, 3.63) is 77.6 Å². The van der Waals surface area contributed by atoms with Crippen LogP contribution in [0.5, 0.6) is 11.5 Å². The van der Waals surface area contributed by atoms with Crippen LogP contribution in [0.4, 0.5) is 0 Å². The van der Waals surface area contributed by atoms with Gasteiger partial charge >= 0.3 is 0 Å². The number of carbonyl (C=O) groups is 1. The molecule has 33 heavy (non-hydrogen) atoms. The number of aromatic nitrogens is 1. The summed E-state index contributed by atoms with van der Waals surface area (Å²) < 4.78 is 14.6. The summed E-state index contributed by atoms with van der Waals surface area (Å²) in [7, 11) is 0. The van der Waals surface area contributed by atoms with Crippen molar-refractivity contribution in [2.75, 3.05) is 13.1 Å². The van der Waals surface area contributed by atoms with Crippen molar-refractivity contribution in [2.24, 2.45) is 0 Å². The molecule has 2 aromatic carbocycles. The molecule has 0 radical (unpaired) electrons. The van der Waals surface area contributed by atoms with Gasteiger partial charge < -0.3 is 18.9 Å². The number of para-hydroxylation sites is 2. The molecule has 3 aromatic rings. The van der Waals surface area contributed by atoms with Gasteiger partial charge in [-0.05, 0) is 55.8 Å². The number of hydrogen-bond donors (Lipinski definition) is 0. The number of rotatable bonds is 4. The molecule has 1 aromatic heterocycles. The maximum absolute atomic E-state index is 13.3. The van der Waals surface area contributed by atoms with E-state index in [2.05, 4.69) is 29.0 Å². The highest BCUT2D eigenvalue weighted by Gasteiger charge is 2.44. The number of carbonyl (C=O) groups excluding carboxylic acids is 1. The van der Waals surface area contributed by atoms with Crippen LogP contribution in [0.2, 0.25) is 0 Å². The summed E-state index contributed by atoms with van der Waals surface area (Å²) in [5.41, 5.74) is 2.63. The normalized spacial score (nSPS) is 16.8. The summed E-state index contributed by atoms with van der Waals surface area (Å²) in [6.45, 7) is 5.16. The van der Waals surface area contributed by atoms with E-state index in [0.29, 0.717) is 42.8 Å². The molecule has 0 saturated carbocycles. The number of hydrogen-bond acceptors (Lipinski definition) is 4. The number of fused-ring (bicyclic) bond motifs is 4. The van der Waals surface area contributed by atoms with Gasteiger partial charge in [0.05, 0.1) is 23.0 Å². The lowest BCUT2D eigenvalue weighted by molar-refractivity contribution is -0.00931. The summed E-state index contributed by atoms with van der Waals surface area (Å²) in [5, 5.41) is 9.57. The lowest BCUT2D eigenvalue weighted by atomic mass is 9.86. The zero-order valence-corrected chi connectivity index (χ0v) is 19.0. The lowest BCUT2D eigenvalue weighted by Gasteiger charge is -2.45. The van der Waals surface area contributed by atoms with E-state index < -0.39 is 5.60 Å². The van der Waals surface area contributed by atoms with Gasteiger partial charge in [0.15, 0.2) is 5.60 Å². The first-order chi connectivity index (χ1) is 16.0. The molecule has 0 aliphatic carbocycles. The van der Waals surface area contributed by atoms with Crippen LogP contribution in [0, 0.1) is 11.3 Å². The van der Waals surface area contributed by atoms with Crippen molar-refractivity contribution in [2.45, 2.75) is 44.8 Å². The molecule has 0 bridgehead atoms. The summed E-state index contributed by atoms with van der Waals surface area (Å²) in [6, 6.07) is 19.5. The Morgan fingerprint density at radius 1 is 1.18 bits per heavy atom. The van der Waals surface area contributed by atoms with Gasteiger partial charge in [0.25, 0.3) is 5.91 Å². The Labute approximate surface area is 194 Å². The molecule has 168 valence electrons. The number of benzene rings is 2. The number of amides is 1. The predicted octanol–water partition coefficient (Wildman–Crippen LogP) is 5.05. The van der Waals surface area contributed by atoms with Crippen LogP contribution in [-0.2, 0) is 5.60 Å². The zero-order valence-electron chi connectivity index (χ0n) is 19.0. The largest absolute Gasteiger partial charge is 0.489 e. The fraction of sp³-hybridized carbons (Fsp3) is 0.333. The average molecular weight is 442 g/mol.